The predicted molar refractivity (Wildman–Crippen MR) is 120 cm³/mol. The summed E-state index contributed by atoms with van der Waals surface area (Å²) in [6.07, 6.45) is 0.315. The summed E-state index contributed by atoms with van der Waals surface area (Å²) in [7, 11) is 0. The molecule has 0 aromatic heterocycles. The highest BCUT2D eigenvalue weighted by molar-refractivity contribution is 5.79. The zero-order chi connectivity index (χ0) is 22.1. The molecule has 3 rings (SSSR count). The molecule has 1 unspecified atom stereocenters. The predicted octanol–water partition coefficient (Wildman–Crippen LogP) is 2.24. The summed E-state index contributed by atoms with van der Waals surface area (Å²) in [6, 6.07) is 17.7. The third kappa shape index (κ3) is 6.72. The molecule has 7 heteroatoms. The van der Waals surface area contributed by atoms with Crippen LogP contribution in [-0.4, -0.2) is 62.2 Å². The van der Waals surface area contributed by atoms with Crippen LogP contribution in [0, 0.1) is 0 Å². The minimum absolute atomic E-state index is 0.158. The standard InChI is InChI=1S/C24H31N3O4/c1-2-30-22(24(25)29)18-19-8-10-21(11-9-19)31-17-16-27-15-14-26(13-12-23(27)28)20-6-4-3-5-7-20/h3-11,22H,2,12-18H2,1H3,(H2,25,29). The number of primary amides is 1. The van der Waals surface area contributed by atoms with Crippen LogP contribution in [0.3, 0.4) is 0 Å². The van der Waals surface area contributed by atoms with E-state index in [1.54, 1.807) is 0 Å². The van der Waals surface area contributed by atoms with Crippen molar-refractivity contribution < 1.29 is 19.1 Å². The van der Waals surface area contributed by atoms with Gasteiger partial charge in [0.2, 0.25) is 11.8 Å². The lowest BCUT2D eigenvalue weighted by Gasteiger charge is -2.23. The number of para-hydroxylation sites is 1. The summed E-state index contributed by atoms with van der Waals surface area (Å²) in [5.41, 5.74) is 7.48. The van der Waals surface area contributed by atoms with Crippen LogP contribution in [0.4, 0.5) is 5.69 Å². The minimum atomic E-state index is -0.624. The number of benzene rings is 2. The van der Waals surface area contributed by atoms with Gasteiger partial charge in [0.1, 0.15) is 18.5 Å². The van der Waals surface area contributed by atoms with E-state index in [9.17, 15) is 9.59 Å². The van der Waals surface area contributed by atoms with Crippen molar-refractivity contribution in [2.45, 2.75) is 25.9 Å². The third-order valence-corrected chi connectivity index (χ3v) is 5.37. The average molecular weight is 426 g/mol. The number of carbonyl (C=O) groups is 2. The Hall–Kier alpha value is -3.06. The summed E-state index contributed by atoms with van der Waals surface area (Å²) >= 11 is 0. The van der Waals surface area contributed by atoms with Crippen molar-refractivity contribution in [1.29, 1.82) is 0 Å². The molecule has 2 amide bonds. The van der Waals surface area contributed by atoms with E-state index >= 15 is 0 Å². The molecule has 2 aromatic carbocycles. The van der Waals surface area contributed by atoms with Gasteiger partial charge in [-0.3, -0.25) is 9.59 Å². The van der Waals surface area contributed by atoms with Gasteiger partial charge < -0.3 is 25.0 Å². The maximum atomic E-state index is 12.5. The van der Waals surface area contributed by atoms with Gasteiger partial charge in [0.05, 0.1) is 6.54 Å². The number of rotatable bonds is 10. The summed E-state index contributed by atoms with van der Waals surface area (Å²) in [6.45, 7) is 5.48. The molecular formula is C24H31N3O4. The second-order valence-corrected chi connectivity index (χ2v) is 7.50. The van der Waals surface area contributed by atoms with E-state index < -0.39 is 12.0 Å². The number of ether oxygens (including phenoxy) is 2. The van der Waals surface area contributed by atoms with Crippen LogP contribution in [0.25, 0.3) is 0 Å². The molecule has 0 radical (unpaired) electrons. The van der Waals surface area contributed by atoms with Crippen LogP contribution in [-0.2, 0) is 20.7 Å². The van der Waals surface area contributed by atoms with Gasteiger partial charge in [0, 0.05) is 44.8 Å². The van der Waals surface area contributed by atoms with E-state index in [0.29, 0.717) is 39.1 Å². The molecule has 0 bridgehead atoms. The maximum absolute atomic E-state index is 12.5. The van der Waals surface area contributed by atoms with Crippen LogP contribution in [0.5, 0.6) is 5.75 Å². The number of hydrogen-bond donors (Lipinski definition) is 1. The first-order valence-corrected chi connectivity index (χ1v) is 10.8. The van der Waals surface area contributed by atoms with Crippen LogP contribution < -0.4 is 15.4 Å². The highest BCUT2D eigenvalue weighted by Gasteiger charge is 2.21. The molecular weight excluding hydrogens is 394 g/mol. The van der Waals surface area contributed by atoms with Crippen LogP contribution in [0.1, 0.15) is 18.9 Å². The first-order valence-electron chi connectivity index (χ1n) is 10.8. The number of anilines is 1. The van der Waals surface area contributed by atoms with E-state index in [1.807, 2.05) is 54.3 Å². The van der Waals surface area contributed by atoms with Crippen LogP contribution in [0.2, 0.25) is 0 Å². The Bertz CT molecular complexity index is 842. The van der Waals surface area contributed by atoms with Crippen LogP contribution >= 0.6 is 0 Å². The first-order chi connectivity index (χ1) is 15.1. The molecule has 0 saturated carbocycles. The van der Waals surface area contributed by atoms with Gasteiger partial charge in [-0.15, -0.1) is 0 Å². The molecule has 2 N–H and O–H groups in total. The normalized spacial score (nSPS) is 15.5. The molecule has 1 saturated heterocycles. The van der Waals surface area contributed by atoms with E-state index in [2.05, 4.69) is 17.0 Å². The van der Waals surface area contributed by atoms with Crippen molar-refractivity contribution >= 4 is 17.5 Å². The van der Waals surface area contributed by atoms with Crippen molar-refractivity contribution in [2.75, 3.05) is 44.3 Å². The highest BCUT2D eigenvalue weighted by Crippen LogP contribution is 2.17. The Morgan fingerprint density at radius 1 is 1.06 bits per heavy atom. The third-order valence-electron chi connectivity index (χ3n) is 5.37. The molecule has 7 nitrogen and oxygen atoms in total. The summed E-state index contributed by atoms with van der Waals surface area (Å²) < 4.78 is 11.2. The SMILES string of the molecule is CCOC(Cc1ccc(OCCN2CCN(c3ccccc3)CCC2=O)cc1)C(N)=O. The Kier molecular flexibility index (Phi) is 8.29. The fraction of sp³-hybridized carbons (Fsp3) is 0.417. The monoisotopic (exact) mass is 425 g/mol. The van der Waals surface area contributed by atoms with Gasteiger partial charge in [0.25, 0.3) is 0 Å². The number of nitrogens with two attached hydrogens (primary N) is 1. The number of nitrogens with zero attached hydrogens (tertiary/aromatic N) is 2. The molecule has 0 spiro atoms. The largest absolute Gasteiger partial charge is 0.492 e. The van der Waals surface area contributed by atoms with Gasteiger partial charge in [0.15, 0.2) is 0 Å². The van der Waals surface area contributed by atoms with Gasteiger partial charge >= 0.3 is 0 Å². The zero-order valence-electron chi connectivity index (χ0n) is 18.0. The molecule has 1 atom stereocenters. The Balaban J connectivity index is 1.46. The highest BCUT2D eigenvalue weighted by atomic mass is 16.5. The topological polar surface area (TPSA) is 85.1 Å². The van der Waals surface area contributed by atoms with Crippen LogP contribution in [0.15, 0.2) is 54.6 Å². The van der Waals surface area contributed by atoms with Crippen molar-refractivity contribution in [3.8, 4) is 5.75 Å². The Labute approximate surface area is 183 Å². The van der Waals surface area contributed by atoms with Gasteiger partial charge in [-0.05, 0) is 36.8 Å². The summed E-state index contributed by atoms with van der Waals surface area (Å²) in [5.74, 6) is 0.421. The lowest BCUT2D eigenvalue weighted by Crippen LogP contribution is -2.36. The Morgan fingerprint density at radius 3 is 2.48 bits per heavy atom. The van der Waals surface area contributed by atoms with E-state index in [4.69, 9.17) is 15.2 Å². The number of hydrogen-bond acceptors (Lipinski definition) is 5. The second kappa shape index (κ2) is 11.4. The van der Waals surface area contributed by atoms with Gasteiger partial charge in [-0.1, -0.05) is 30.3 Å². The number of amides is 2. The second-order valence-electron chi connectivity index (χ2n) is 7.50. The summed E-state index contributed by atoms with van der Waals surface area (Å²) in [5, 5.41) is 0. The van der Waals surface area contributed by atoms with E-state index in [-0.39, 0.29) is 5.91 Å². The molecule has 166 valence electrons. The fourth-order valence-corrected chi connectivity index (χ4v) is 3.65. The smallest absolute Gasteiger partial charge is 0.246 e. The quantitative estimate of drug-likeness (QED) is 0.631. The van der Waals surface area contributed by atoms with Crippen molar-refractivity contribution in [2.24, 2.45) is 5.73 Å². The Morgan fingerprint density at radius 2 is 1.81 bits per heavy atom. The molecule has 1 aliphatic heterocycles. The molecule has 1 heterocycles. The zero-order valence-corrected chi connectivity index (χ0v) is 18.0. The van der Waals surface area contributed by atoms with E-state index in [0.717, 1.165) is 30.1 Å². The van der Waals surface area contributed by atoms with Crippen molar-refractivity contribution in [3.05, 3.63) is 60.2 Å². The van der Waals surface area contributed by atoms with E-state index in [1.165, 1.54) is 0 Å². The van der Waals surface area contributed by atoms with Crippen molar-refractivity contribution in [3.63, 3.8) is 0 Å². The lowest BCUT2D eigenvalue weighted by molar-refractivity contribution is -0.131. The first kappa shape index (κ1) is 22.6. The molecule has 1 fully saturated rings. The van der Waals surface area contributed by atoms with Gasteiger partial charge in [-0.25, -0.2) is 0 Å². The molecule has 1 aliphatic rings. The molecule has 31 heavy (non-hydrogen) atoms. The minimum Gasteiger partial charge on any atom is -0.492 e. The lowest BCUT2D eigenvalue weighted by atomic mass is 10.1. The number of carbonyl (C=O) groups excluding carboxylic acids is 2. The fourth-order valence-electron chi connectivity index (χ4n) is 3.65. The van der Waals surface area contributed by atoms with Crippen molar-refractivity contribution in [1.82, 2.24) is 4.90 Å². The summed E-state index contributed by atoms with van der Waals surface area (Å²) in [4.78, 5) is 28.0. The molecule has 2 aromatic rings. The maximum Gasteiger partial charge on any atom is 0.246 e. The average Bonchev–Trinajstić information content (AvgIpc) is 2.97. The van der Waals surface area contributed by atoms with Gasteiger partial charge in [-0.2, -0.15) is 0 Å². The molecule has 0 aliphatic carbocycles.